The van der Waals surface area contributed by atoms with Crippen LogP contribution >= 0.6 is 15.9 Å². The molecule has 158 valence electrons. The summed E-state index contributed by atoms with van der Waals surface area (Å²) < 4.78 is 18.9. The van der Waals surface area contributed by atoms with Gasteiger partial charge in [0.1, 0.15) is 17.2 Å². The maximum atomic E-state index is 6.51. The summed E-state index contributed by atoms with van der Waals surface area (Å²) in [6.07, 6.45) is 0.395. The van der Waals surface area contributed by atoms with Crippen molar-refractivity contribution in [2.75, 3.05) is 13.7 Å². The molecule has 2 aliphatic rings. The molecule has 0 amide bonds. The highest BCUT2D eigenvalue weighted by Gasteiger charge is 2.42. The summed E-state index contributed by atoms with van der Waals surface area (Å²) in [6.45, 7) is 2.61. The molecule has 0 fully saturated rings. The first-order chi connectivity index (χ1) is 15.2. The smallest absolute Gasteiger partial charge is 0.217 e. The van der Waals surface area contributed by atoms with Gasteiger partial charge in [-0.15, -0.1) is 0 Å². The normalized spacial score (nSPS) is 19.2. The van der Waals surface area contributed by atoms with Crippen molar-refractivity contribution in [2.24, 2.45) is 5.10 Å². The summed E-state index contributed by atoms with van der Waals surface area (Å²) in [6, 6.07) is 22.3. The van der Waals surface area contributed by atoms with Crippen LogP contribution in [0.5, 0.6) is 17.2 Å². The van der Waals surface area contributed by atoms with Gasteiger partial charge in [-0.05, 0) is 48.9 Å². The molecule has 0 saturated carbocycles. The van der Waals surface area contributed by atoms with Gasteiger partial charge in [0.25, 0.3) is 0 Å². The molecule has 0 aromatic heterocycles. The lowest BCUT2D eigenvalue weighted by Crippen LogP contribution is -2.34. The molecule has 0 N–H and O–H groups in total. The van der Waals surface area contributed by atoms with Crippen molar-refractivity contribution < 1.29 is 14.2 Å². The first-order valence-electron chi connectivity index (χ1n) is 10.4. The molecule has 0 bridgehead atoms. The first-order valence-corrected chi connectivity index (χ1v) is 11.1. The SMILES string of the molecule is CCOc1ccc2c(c1)[C@@H]1CC(c3ccccc3)=NN1[C@H](c1cc(Br)ccc1OC)O2. The van der Waals surface area contributed by atoms with Crippen molar-refractivity contribution in [1.29, 1.82) is 0 Å². The van der Waals surface area contributed by atoms with E-state index in [1.54, 1.807) is 7.11 Å². The van der Waals surface area contributed by atoms with Crippen molar-refractivity contribution in [2.45, 2.75) is 25.6 Å². The molecular weight excluding hydrogens is 456 g/mol. The molecule has 2 atom stereocenters. The summed E-state index contributed by atoms with van der Waals surface area (Å²) in [4.78, 5) is 0. The molecule has 2 heterocycles. The van der Waals surface area contributed by atoms with E-state index in [2.05, 4.69) is 39.1 Å². The Kier molecular flexibility index (Phi) is 5.32. The van der Waals surface area contributed by atoms with Crippen LogP contribution < -0.4 is 14.2 Å². The number of fused-ring (bicyclic) bond motifs is 3. The Morgan fingerprint density at radius 1 is 1.06 bits per heavy atom. The number of hydrazone groups is 1. The highest BCUT2D eigenvalue weighted by molar-refractivity contribution is 9.10. The van der Waals surface area contributed by atoms with E-state index in [1.165, 1.54) is 0 Å². The summed E-state index contributed by atoms with van der Waals surface area (Å²) in [5.74, 6) is 2.46. The Morgan fingerprint density at radius 3 is 2.68 bits per heavy atom. The van der Waals surface area contributed by atoms with Crippen LogP contribution in [-0.2, 0) is 0 Å². The Balaban J connectivity index is 1.63. The highest BCUT2D eigenvalue weighted by atomic mass is 79.9. The minimum atomic E-state index is -0.399. The van der Waals surface area contributed by atoms with Crippen LogP contribution in [0.3, 0.4) is 0 Å². The molecular formula is C25H23BrN2O3. The lowest BCUT2D eigenvalue weighted by Gasteiger charge is -2.38. The number of hydrogen-bond acceptors (Lipinski definition) is 5. The molecule has 3 aromatic rings. The maximum absolute atomic E-state index is 6.51. The fourth-order valence-corrected chi connectivity index (χ4v) is 4.61. The number of nitrogens with zero attached hydrogens (tertiary/aromatic N) is 2. The van der Waals surface area contributed by atoms with Gasteiger partial charge in [0, 0.05) is 16.5 Å². The van der Waals surface area contributed by atoms with Gasteiger partial charge in [0.05, 0.1) is 31.0 Å². The zero-order chi connectivity index (χ0) is 21.4. The largest absolute Gasteiger partial charge is 0.496 e. The van der Waals surface area contributed by atoms with Crippen molar-refractivity contribution in [1.82, 2.24) is 5.01 Å². The van der Waals surface area contributed by atoms with Crippen LogP contribution in [0.2, 0.25) is 0 Å². The molecule has 0 aliphatic carbocycles. The average molecular weight is 479 g/mol. The first kappa shape index (κ1) is 19.9. The zero-order valence-electron chi connectivity index (χ0n) is 17.4. The van der Waals surface area contributed by atoms with Crippen LogP contribution in [0.1, 0.15) is 42.3 Å². The van der Waals surface area contributed by atoms with Crippen LogP contribution in [0, 0.1) is 0 Å². The van der Waals surface area contributed by atoms with Gasteiger partial charge in [-0.2, -0.15) is 5.10 Å². The van der Waals surface area contributed by atoms with Gasteiger partial charge in [0.15, 0.2) is 0 Å². The molecule has 0 saturated heterocycles. The number of rotatable bonds is 5. The van der Waals surface area contributed by atoms with Gasteiger partial charge >= 0.3 is 0 Å². The van der Waals surface area contributed by atoms with E-state index in [0.717, 1.165) is 50.5 Å². The minimum absolute atomic E-state index is 0.0491. The second-order valence-corrected chi connectivity index (χ2v) is 8.42. The topological polar surface area (TPSA) is 43.3 Å². The van der Waals surface area contributed by atoms with Gasteiger partial charge in [0.2, 0.25) is 6.23 Å². The van der Waals surface area contributed by atoms with E-state index in [4.69, 9.17) is 19.3 Å². The molecule has 5 rings (SSSR count). The quantitative estimate of drug-likeness (QED) is 0.444. The van der Waals surface area contributed by atoms with Crippen LogP contribution in [-0.4, -0.2) is 24.4 Å². The Labute approximate surface area is 190 Å². The number of ether oxygens (including phenoxy) is 3. The lowest BCUT2D eigenvalue weighted by atomic mass is 9.95. The van der Waals surface area contributed by atoms with Gasteiger partial charge in [-0.3, -0.25) is 0 Å². The van der Waals surface area contributed by atoms with E-state index in [0.29, 0.717) is 6.61 Å². The van der Waals surface area contributed by atoms with Crippen molar-refractivity contribution in [3.05, 3.63) is 87.9 Å². The fourth-order valence-electron chi connectivity index (χ4n) is 4.23. The third-order valence-corrected chi connectivity index (χ3v) is 6.13. The molecule has 0 unspecified atom stereocenters. The molecule has 31 heavy (non-hydrogen) atoms. The Hall–Kier alpha value is -2.99. The molecule has 5 nitrogen and oxygen atoms in total. The van der Waals surface area contributed by atoms with E-state index in [9.17, 15) is 0 Å². The highest BCUT2D eigenvalue weighted by Crippen LogP contribution is 2.50. The van der Waals surface area contributed by atoms with Crippen LogP contribution in [0.15, 0.2) is 76.3 Å². The van der Waals surface area contributed by atoms with Gasteiger partial charge < -0.3 is 14.2 Å². The third kappa shape index (κ3) is 3.65. The average Bonchev–Trinajstić information content (AvgIpc) is 3.25. The van der Waals surface area contributed by atoms with E-state index in [-0.39, 0.29) is 6.04 Å². The molecule has 0 spiro atoms. The zero-order valence-corrected chi connectivity index (χ0v) is 19.0. The third-order valence-electron chi connectivity index (χ3n) is 5.64. The van der Waals surface area contributed by atoms with Gasteiger partial charge in [-0.25, -0.2) is 5.01 Å². The summed E-state index contributed by atoms with van der Waals surface area (Å²) in [5.41, 5.74) is 4.19. The molecule has 2 aliphatic heterocycles. The maximum Gasteiger partial charge on any atom is 0.217 e. The predicted molar refractivity (Wildman–Crippen MR) is 124 cm³/mol. The number of benzene rings is 3. The van der Waals surface area contributed by atoms with Crippen molar-refractivity contribution >= 4 is 21.6 Å². The predicted octanol–water partition coefficient (Wildman–Crippen LogP) is 6.10. The molecule has 0 radical (unpaired) electrons. The number of halogens is 1. The minimum Gasteiger partial charge on any atom is -0.496 e. The second kappa shape index (κ2) is 8.27. The van der Waals surface area contributed by atoms with E-state index < -0.39 is 6.23 Å². The molecule has 6 heteroatoms. The summed E-state index contributed by atoms with van der Waals surface area (Å²) in [5, 5.41) is 7.09. The number of methoxy groups -OCH3 is 1. The summed E-state index contributed by atoms with van der Waals surface area (Å²) in [7, 11) is 1.68. The van der Waals surface area contributed by atoms with Crippen molar-refractivity contribution in [3.8, 4) is 17.2 Å². The lowest BCUT2D eigenvalue weighted by molar-refractivity contribution is -0.0205. The van der Waals surface area contributed by atoms with E-state index >= 15 is 0 Å². The Bertz CT molecular complexity index is 1130. The second-order valence-electron chi connectivity index (χ2n) is 7.50. The fraction of sp³-hybridized carbons (Fsp3) is 0.240. The van der Waals surface area contributed by atoms with Crippen LogP contribution in [0.4, 0.5) is 0 Å². The standard InChI is InChI=1S/C25H23BrN2O3/c1-3-30-18-10-12-24-19(14-18)22-15-21(16-7-5-4-6-8-16)27-28(22)25(31-24)20-13-17(26)9-11-23(20)29-2/h4-14,22,25H,3,15H2,1-2H3/t22-,25-/m0/s1. The van der Waals surface area contributed by atoms with E-state index in [1.807, 2.05) is 55.5 Å². The Morgan fingerprint density at radius 2 is 1.90 bits per heavy atom. The van der Waals surface area contributed by atoms with Crippen LogP contribution in [0.25, 0.3) is 0 Å². The molecule has 3 aromatic carbocycles. The van der Waals surface area contributed by atoms with Crippen molar-refractivity contribution in [3.63, 3.8) is 0 Å². The van der Waals surface area contributed by atoms with Gasteiger partial charge in [-0.1, -0.05) is 46.3 Å². The summed E-state index contributed by atoms with van der Waals surface area (Å²) >= 11 is 3.59. The monoisotopic (exact) mass is 478 g/mol. The number of hydrogen-bond donors (Lipinski definition) is 0.